The second kappa shape index (κ2) is 6.82. The second-order valence-corrected chi connectivity index (χ2v) is 4.72. The van der Waals surface area contributed by atoms with Crippen molar-refractivity contribution in [2.75, 3.05) is 26.8 Å². The molecule has 0 bridgehead atoms. The lowest BCUT2D eigenvalue weighted by Gasteiger charge is -2.10. The van der Waals surface area contributed by atoms with E-state index in [1.54, 1.807) is 19.2 Å². The first-order valence-corrected chi connectivity index (χ1v) is 6.45. The van der Waals surface area contributed by atoms with E-state index >= 15 is 0 Å². The molecule has 5 heteroatoms. The van der Waals surface area contributed by atoms with Gasteiger partial charge in [-0.3, -0.25) is 0 Å². The maximum absolute atomic E-state index is 12.3. The topological polar surface area (TPSA) is 30.5 Å². The molecule has 0 saturated heterocycles. The minimum Gasteiger partial charge on any atom is -0.435 e. The summed E-state index contributed by atoms with van der Waals surface area (Å²) in [6, 6.07) is 7.06. The number of methoxy groups -OCH3 is 1. The van der Waals surface area contributed by atoms with E-state index in [1.165, 1.54) is 0 Å². The van der Waals surface area contributed by atoms with Gasteiger partial charge in [0.25, 0.3) is 0 Å². The molecule has 1 N–H and O–H groups in total. The van der Waals surface area contributed by atoms with Crippen LogP contribution in [0, 0.1) is 5.92 Å². The molecule has 0 spiro atoms. The Morgan fingerprint density at radius 2 is 2.16 bits per heavy atom. The third-order valence-electron chi connectivity index (χ3n) is 3.35. The average Bonchev–Trinajstić information content (AvgIpc) is 3.14. The van der Waals surface area contributed by atoms with E-state index in [2.05, 4.69) is 10.1 Å². The molecular weight excluding hydrogens is 252 g/mol. The van der Waals surface area contributed by atoms with Crippen LogP contribution in [-0.4, -0.2) is 33.4 Å². The summed E-state index contributed by atoms with van der Waals surface area (Å²) in [5.41, 5.74) is 0.890. The van der Waals surface area contributed by atoms with Gasteiger partial charge in [-0.25, -0.2) is 0 Å². The van der Waals surface area contributed by atoms with Gasteiger partial charge >= 0.3 is 6.61 Å². The summed E-state index contributed by atoms with van der Waals surface area (Å²) in [4.78, 5) is 0. The van der Waals surface area contributed by atoms with Crippen molar-refractivity contribution in [3.05, 3.63) is 29.8 Å². The highest BCUT2D eigenvalue weighted by Gasteiger charge is 2.39. The Morgan fingerprint density at radius 3 is 2.89 bits per heavy atom. The minimum atomic E-state index is -2.77. The average molecular weight is 271 g/mol. The lowest BCUT2D eigenvalue weighted by molar-refractivity contribution is -0.0504. The second-order valence-electron chi connectivity index (χ2n) is 4.72. The van der Waals surface area contributed by atoms with Crippen LogP contribution in [0.5, 0.6) is 5.75 Å². The van der Waals surface area contributed by atoms with E-state index in [0.717, 1.165) is 25.1 Å². The molecule has 19 heavy (non-hydrogen) atoms. The lowest BCUT2D eigenvalue weighted by atomic mass is 10.1. The van der Waals surface area contributed by atoms with Crippen LogP contribution in [-0.2, 0) is 4.74 Å². The van der Waals surface area contributed by atoms with E-state index in [9.17, 15) is 8.78 Å². The number of hydrogen-bond acceptors (Lipinski definition) is 3. The van der Waals surface area contributed by atoms with Crippen LogP contribution in [0.3, 0.4) is 0 Å². The number of alkyl halides is 2. The molecule has 2 atom stereocenters. The summed E-state index contributed by atoms with van der Waals surface area (Å²) in [6.45, 7) is -0.382. The van der Waals surface area contributed by atoms with Crippen LogP contribution in [0.15, 0.2) is 24.3 Å². The Hall–Kier alpha value is -1.20. The van der Waals surface area contributed by atoms with Crippen molar-refractivity contribution in [3.8, 4) is 5.75 Å². The van der Waals surface area contributed by atoms with Gasteiger partial charge in [0.05, 0.1) is 6.61 Å². The third-order valence-corrected chi connectivity index (χ3v) is 3.35. The predicted molar refractivity (Wildman–Crippen MR) is 68.7 cm³/mol. The van der Waals surface area contributed by atoms with Gasteiger partial charge in [-0.1, -0.05) is 18.2 Å². The normalized spacial score (nSPS) is 21.7. The first-order valence-electron chi connectivity index (χ1n) is 6.45. The number of benzene rings is 1. The lowest BCUT2D eigenvalue weighted by Crippen LogP contribution is -2.21. The third kappa shape index (κ3) is 4.14. The maximum Gasteiger partial charge on any atom is 0.387 e. The molecule has 1 aliphatic rings. The fourth-order valence-corrected chi connectivity index (χ4v) is 2.31. The van der Waals surface area contributed by atoms with Crippen molar-refractivity contribution in [1.29, 1.82) is 0 Å². The Kier molecular flexibility index (Phi) is 5.10. The number of nitrogens with one attached hydrogen (secondary N) is 1. The predicted octanol–water partition coefficient (Wildman–Crippen LogP) is 2.63. The molecule has 2 unspecified atom stereocenters. The van der Waals surface area contributed by atoms with Crippen LogP contribution < -0.4 is 10.1 Å². The summed E-state index contributed by atoms with van der Waals surface area (Å²) in [6.07, 6.45) is 1.02. The van der Waals surface area contributed by atoms with Gasteiger partial charge in [0.1, 0.15) is 5.75 Å². The number of rotatable bonds is 8. The zero-order valence-corrected chi connectivity index (χ0v) is 10.9. The van der Waals surface area contributed by atoms with Gasteiger partial charge in [0.15, 0.2) is 0 Å². The number of hydrogen-bond donors (Lipinski definition) is 1. The molecule has 1 fully saturated rings. The molecule has 2 rings (SSSR count). The Balaban J connectivity index is 1.86. The molecule has 1 saturated carbocycles. The van der Waals surface area contributed by atoms with Crippen molar-refractivity contribution in [2.45, 2.75) is 19.0 Å². The zero-order valence-electron chi connectivity index (χ0n) is 10.9. The summed E-state index contributed by atoms with van der Waals surface area (Å²) in [5.74, 6) is 1.13. The van der Waals surface area contributed by atoms with Crippen LogP contribution in [0.2, 0.25) is 0 Å². The highest BCUT2D eigenvalue weighted by Crippen LogP contribution is 2.50. The number of ether oxygens (including phenoxy) is 2. The fraction of sp³-hybridized carbons (Fsp3) is 0.571. The van der Waals surface area contributed by atoms with Crippen LogP contribution in [0.4, 0.5) is 8.78 Å². The van der Waals surface area contributed by atoms with Gasteiger partial charge in [-0.2, -0.15) is 8.78 Å². The maximum atomic E-state index is 12.3. The molecular formula is C14H19F2NO2. The fourth-order valence-electron chi connectivity index (χ4n) is 2.31. The molecule has 0 amide bonds. The number of halogens is 2. The van der Waals surface area contributed by atoms with Gasteiger partial charge in [0, 0.05) is 13.7 Å². The van der Waals surface area contributed by atoms with Crippen LogP contribution >= 0.6 is 0 Å². The first kappa shape index (κ1) is 14.2. The summed E-state index contributed by atoms with van der Waals surface area (Å²) < 4.78 is 34.2. The molecule has 0 aliphatic heterocycles. The smallest absolute Gasteiger partial charge is 0.387 e. The van der Waals surface area contributed by atoms with Gasteiger partial charge in [-0.15, -0.1) is 0 Å². The molecule has 1 aromatic carbocycles. The summed E-state index contributed by atoms with van der Waals surface area (Å²) >= 11 is 0. The Morgan fingerprint density at radius 1 is 1.37 bits per heavy atom. The standard InChI is InChI=1S/C14H19F2NO2/c1-18-7-6-17-9-10-8-12(10)11-4-2-3-5-13(11)19-14(15)16/h2-5,10,12,14,17H,6-9H2,1H3. The SMILES string of the molecule is COCCNCC1CC1c1ccccc1OC(F)F. The van der Waals surface area contributed by atoms with Crippen LogP contribution in [0.1, 0.15) is 17.9 Å². The highest BCUT2D eigenvalue weighted by molar-refractivity contribution is 5.39. The first-order chi connectivity index (χ1) is 9.22. The molecule has 1 aliphatic carbocycles. The van der Waals surface area contributed by atoms with Crippen molar-refractivity contribution in [3.63, 3.8) is 0 Å². The largest absolute Gasteiger partial charge is 0.435 e. The summed E-state index contributed by atoms with van der Waals surface area (Å²) in [7, 11) is 1.67. The van der Waals surface area contributed by atoms with E-state index in [1.807, 2.05) is 12.1 Å². The van der Waals surface area contributed by atoms with Gasteiger partial charge in [0.2, 0.25) is 0 Å². The molecule has 0 heterocycles. The minimum absolute atomic E-state index is 0.307. The van der Waals surface area contributed by atoms with E-state index in [0.29, 0.717) is 24.2 Å². The molecule has 0 radical (unpaired) electrons. The van der Waals surface area contributed by atoms with Crippen molar-refractivity contribution < 1.29 is 18.3 Å². The van der Waals surface area contributed by atoms with E-state index in [-0.39, 0.29) is 0 Å². The Bertz CT molecular complexity index is 401. The van der Waals surface area contributed by atoms with Crippen molar-refractivity contribution >= 4 is 0 Å². The Labute approximate surface area is 111 Å². The van der Waals surface area contributed by atoms with Crippen molar-refractivity contribution in [2.24, 2.45) is 5.92 Å². The molecule has 1 aromatic rings. The molecule has 0 aromatic heterocycles. The zero-order chi connectivity index (χ0) is 13.7. The monoisotopic (exact) mass is 271 g/mol. The van der Waals surface area contributed by atoms with E-state index < -0.39 is 6.61 Å². The van der Waals surface area contributed by atoms with Crippen LogP contribution in [0.25, 0.3) is 0 Å². The number of para-hydroxylation sites is 1. The highest BCUT2D eigenvalue weighted by atomic mass is 19.3. The summed E-state index contributed by atoms with van der Waals surface area (Å²) in [5, 5.41) is 3.29. The quantitative estimate of drug-likeness (QED) is 0.737. The van der Waals surface area contributed by atoms with Crippen molar-refractivity contribution in [1.82, 2.24) is 5.32 Å². The molecule has 3 nitrogen and oxygen atoms in total. The van der Waals surface area contributed by atoms with Gasteiger partial charge in [-0.05, 0) is 36.4 Å². The van der Waals surface area contributed by atoms with E-state index in [4.69, 9.17) is 4.74 Å². The molecule has 106 valence electrons. The van der Waals surface area contributed by atoms with Gasteiger partial charge < -0.3 is 14.8 Å².